The molecule has 2 fully saturated rings. The van der Waals surface area contributed by atoms with E-state index in [2.05, 4.69) is 9.88 Å². The summed E-state index contributed by atoms with van der Waals surface area (Å²) in [4.78, 5) is 20.7. The summed E-state index contributed by atoms with van der Waals surface area (Å²) in [7, 11) is 0. The van der Waals surface area contributed by atoms with Gasteiger partial charge in [0.25, 0.3) is 0 Å². The monoisotopic (exact) mass is 333 g/mol. The number of fused-ring (bicyclic) bond motifs is 1. The van der Waals surface area contributed by atoms with Crippen LogP contribution in [0.4, 0.5) is 10.5 Å². The van der Waals surface area contributed by atoms with Gasteiger partial charge in [0.05, 0.1) is 24.7 Å². The first-order valence-electron chi connectivity index (χ1n) is 8.66. The van der Waals surface area contributed by atoms with Gasteiger partial charge in [-0.15, -0.1) is 0 Å². The van der Waals surface area contributed by atoms with Gasteiger partial charge in [0.15, 0.2) is 0 Å². The molecule has 3 rings (SSSR count). The number of pyridine rings is 1. The van der Waals surface area contributed by atoms with Crippen molar-refractivity contribution >= 4 is 11.8 Å². The molecule has 1 amide bonds. The minimum Gasteiger partial charge on any atom is -0.492 e. The van der Waals surface area contributed by atoms with Crippen molar-refractivity contribution in [2.24, 2.45) is 11.8 Å². The quantitative estimate of drug-likeness (QED) is 0.851. The van der Waals surface area contributed by atoms with E-state index in [9.17, 15) is 4.79 Å². The number of aromatic nitrogens is 1. The van der Waals surface area contributed by atoms with Gasteiger partial charge in [0.1, 0.15) is 11.4 Å². The number of likely N-dealkylation sites (tertiary alicyclic amines) is 1. The van der Waals surface area contributed by atoms with Crippen molar-refractivity contribution in [1.29, 1.82) is 0 Å². The minimum atomic E-state index is -0.438. The van der Waals surface area contributed by atoms with Crippen LogP contribution in [0, 0.1) is 11.8 Å². The topological polar surface area (TPSA) is 54.9 Å². The van der Waals surface area contributed by atoms with Gasteiger partial charge in [-0.25, -0.2) is 4.79 Å². The second-order valence-corrected chi connectivity index (χ2v) is 7.62. The lowest BCUT2D eigenvalue weighted by molar-refractivity contribution is 0.0282. The highest BCUT2D eigenvalue weighted by atomic mass is 16.6. The second kappa shape index (κ2) is 6.49. The van der Waals surface area contributed by atoms with E-state index in [4.69, 9.17) is 9.47 Å². The molecule has 0 bridgehead atoms. The highest BCUT2D eigenvalue weighted by Gasteiger charge is 2.42. The number of anilines is 1. The first-order valence-corrected chi connectivity index (χ1v) is 8.66. The van der Waals surface area contributed by atoms with Crippen LogP contribution in [0.15, 0.2) is 18.5 Å². The van der Waals surface area contributed by atoms with Crippen LogP contribution >= 0.6 is 0 Å². The van der Waals surface area contributed by atoms with E-state index >= 15 is 0 Å². The Hall–Kier alpha value is -1.98. The Morgan fingerprint density at radius 2 is 1.88 bits per heavy atom. The maximum atomic E-state index is 12.2. The van der Waals surface area contributed by atoms with Crippen LogP contribution in [-0.4, -0.2) is 54.4 Å². The van der Waals surface area contributed by atoms with Gasteiger partial charge in [-0.3, -0.25) is 4.98 Å². The SMILES string of the molecule is CCOc1cncc(N2C[C@H]3CN(C(=O)OC(C)(C)C)C[C@H]3C2)c1. The number of carbonyl (C=O) groups is 1. The van der Waals surface area contributed by atoms with Gasteiger partial charge in [0.2, 0.25) is 0 Å². The molecule has 0 unspecified atom stereocenters. The third-order valence-electron chi connectivity index (χ3n) is 4.51. The lowest BCUT2D eigenvalue weighted by atomic mass is 10.0. The standard InChI is InChI=1S/C18H27N3O3/c1-5-23-16-6-15(7-19-8-16)20-9-13-11-21(12-14(13)10-20)17(22)24-18(2,3)4/h6-8,13-14H,5,9-12H2,1-4H3/t13-,14+. The van der Waals surface area contributed by atoms with Gasteiger partial charge < -0.3 is 19.3 Å². The first-order chi connectivity index (χ1) is 11.4. The van der Waals surface area contributed by atoms with Crippen LogP contribution in [-0.2, 0) is 4.74 Å². The summed E-state index contributed by atoms with van der Waals surface area (Å²) in [6, 6.07) is 2.04. The van der Waals surface area contributed by atoms with Crippen LogP contribution in [0.1, 0.15) is 27.7 Å². The fraction of sp³-hybridized carbons (Fsp3) is 0.667. The number of rotatable bonds is 3. The maximum absolute atomic E-state index is 12.2. The van der Waals surface area contributed by atoms with Crippen LogP contribution < -0.4 is 9.64 Å². The molecule has 24 heavy (non-hydrogen) atoms. The Bertz CT molecular complexity index is 585. The van der Waals surface area contributed by atoms with E-state index < -0.39 is 5.60 Å². The normalized spacial score (nSPS) is 23.3. The Labute approximate surface area is 143 Å². The molecule has 6 nitrogen and oxygen atoms in total. The number of ether oxygens (including phenoxy) is 2. The number of nitrogens with zero attached hydrogens (tertiary/aromatic N) is 3. The smallest absolute Gasteiger partial charge is 0.410 e. The molecule has 2 atom stereocenters. The molecule has 1 aromatic rings. The fourth-order valence-corrected chi connectivity index (χ4v) is 3.51. The molecule has 0 N–H and O–H groups in total. The van der Waals surface area contributed by atoms with Crippen LogP contribution in [0.3, 0.4) is 0 Å². The zero-order valence-electron chi connectivity index (χ0n) is 15.0. The summed E-state index contributed by atoms with van der Waals surface area (Å²) in [6.45, 7) is 11.8. The van der Waals surface area contributed by atoms with Gasteiger partial charge >= 0.3 is 6.09 Å². The predicted molar refractivity (Wildman–Crippen MR) is 92.4 cm³/mol. The average Bonchev–Trinajstić information content (AvgIpc) is 3.04. The van der Waals surface area contributed by atoms with Crippen LogP contribution in [0.25, 0.3) is 0 Å². The van der Waals surface area contributed by atoms with E-state index in [1.807, 2.05) is 44.9 Å². The van der Waals surface area contributed by atoms with Crippen LogP contribution in [0.5, 0.6) is 5.75 Å². The number of amides is 1. The molecular formula is C18H27N3O3. The van der Waals surface area contributed by atoms with E-state index in [1.165, 1.54) is 0 Å². The third-order valence-corrected chi connectivity index (χ3v) is 4.51. The van der Waals surface area contributed by atoms with Gasteiger partial charge in [-0.05, 0) is 27.7 Å². The lowest BCUT2D eigenvalue weighted by Gasteiger charge is -2.26. The molecule has 3 heterocycles. The second-order valence-electron chi connectivity index (χ2n) is 7.62. The third kappa shape index (κ3) is 3.74. The number of carbonyl (C=O) groups excluding carboxylic acids is 1. The molecule has 0 saturated carbocycles. The fourth-order valence-electron chi connectivity index (χ4n) is 3.51. The van der Waals surface area contributed by atoms with Crippen molar-refractivity contribution in [2.45, 2.75) is 33.3 Å². The van der Waals surface area contributed by atoms with Crippen molar-refractivity contribution in [1.82, 2.24) is 9.88 Å². The van der Waals surface area contributed by atoms with E-state index in [1.54, 1.807) is 6.20 Å². The van der Waals surface area contributed by atoms with E-state index in [-0.39, 0.29) is 6.09 Å². The highest BCUT2D eigenvalue weighted by Crippen LogP contribution is 2.35. The molecule has 1 aromatic heterocycles. The van der Waals surface area contributed by atoms with Crippen molar-refractivity contribution in [3.05, 3.63) is 18.5 Å². The Balaban J connectivity index is 1.59. The molecular weight excluding hydrogens is 306 g/mol. The van der Waals surface area contributed by atoms with E-state index in [0.29, 0.717) is 18.4 Å². The number of hydrogen-bond acceptors (Lipinski definition) is 5. The molecule has 6 heteroatoms. The molecule has 0 radical (unpaired) electrons. The van der Waals surface area contributed by atoms with Gasteiger partial charge in [-0.2, -0.15) is 0 Å². The average molecular weight is 333 g/mol. The molecule has 2 aliphatic rings. The summed E-state index contributed by atoms with van der Waals surface area (Å²) in [5, 5.41) is 0. The van der Waals surface area contributed by atoms with Crippen molar-refractivity contribution < 1.29 is 14.3 Å². The zero-order valence-corrected chi connectivity index (χ0v) is 15.0. The summed E-state index contributed by atoms with van der Waals surface area (Å²) < 4.78 is 11.0. The Kier molecular flexibility index (Phi) is 4.56. The van der Waals surface area contributed by atoms with Crippen LogP contribution in [0.2, 0.25) is 0 Å². The Morgan fingerprint density at radius 1 is 1.21 bits per heavy atom. The maximum Gasteiger partial charge on any atom is 0.410 e. The summed E-state index contributed by atoms with van der Waals surface area (Å²) >= 11 is 0. The first kappa shape index (κ1) is 16.9. The molecule has 0 aliphatic carbocycles. The summed E-state index contributed by atoms with van der Waals surface area (Å²) in [5.74, 6) is 1.80. The largest absolute Gasteiger partial charge is 0.492 e. The lowest BCUT2D eigenvalue weighted by Crippen LogP contribution is -2.37. The van der Waals surface area contributed by atoms with E-state index in [0.717, 1.165) is 37.6 Å². The molecule has 2 saturated heterocycles. The van der Waals surface area contributed by atoms with Crippen molar-refractivity contribution in [2.75, 3.05) is 37.7 Å². The molecule has 132 valence electrons. The Morgan fingerprint density at radius 3 is 2.46 bits per heavy atom. The molecule has 0 aromatic carbocycles. The molecule has 0 spiro atoms. The highest BCUT2D eigenvalue weighted by molar-refractivity contribution is 5.68. The molecule has 2 aliphatic heterocycles. The predicted octanol–water partition coefficient (Wildman–Crippen LogP) is 2.78. The van der Waals surface area contributed by atoms with Crippen molar-refractivity contribution in [3.63, 3.8) is 0 Å². The summed E-state index contributed by atoms with van der Waals surface area (Å²) in [5.41, 5.74) is 0.658. The van der Waals surface area contributed by atoms with Crippen molar-refractivity contribution in [3.8, 4) is 5.75 Å². The summed E-state index contributed by atoms with van der Waals surface area (Å²) in [6.07, 6.45) is 3.44. The number of hydrogen-bond donors (Lipinski definition) is 0. The zero-order chi connectivity index (χ0) is 17.3. The minimum absolute atomic E-state index is 0.191. The van der Waals surface area contributed by atoms with Gasteiger partial charge in [0, 0.05) is 44.1 Å². The van der Waals surface area contributed by atoms with Gasteiger partial charge in [-0.1, -0.05) is 0 Å².